The number of methoxy groups -OCH3 is 1. The van der Waals surface area contributed by atoms with Crippen molar-refractivity contribution in [3.05, 3.63) is 87.5 Å². The Balaban J connectivity index is 1.41. The Morgan fingerprint density at radius 3 is 2.38 bits per heavy atom. The number of benzene rings is 3. The summed E-state index contributed by atoms with van der Waals surface area (Å²) in [4.78, 5) is 53.2. The molecule has 246 valence electrons. The number of phenolic OH excluding ortho intramolecular Hbond substituents is 2. The highest BCUT2D eigenvalue weighted by molar-refractivity contribution is 6.31. The summed E-state index contributed by atoms with van der Waals surface area (Å²) in [6, 6.07) is 11.8. The summed E-state index contributed by atoms with van der Waals surface area (Å²) in [7, 11) is 1.31. The van der Waals surface area contributed by atoms with Crippen molar-refractivity contribution in [1.82, 2.24) is 5.32 Å². The molecule has 6 rings (SSSR count). The third-order valence-electron chi connectivity index (χ3n) is 9.11. The first-order chi connectivity index (χ1) is 22.4. The fraction of sp³-hybridized carbons (Fsp3) is 0.353. The molecule has 1 aliphatic heterocycles. The number of amides is 1. The molecule has 4 unspecified atom stereocenters. The SMILES string of the molecule is COc1cccc2c1C(=O)c1c(O)c3c(c(O)c1C2=O)C[C@@](O)(C(=O)CO)C[C@@H]3OC1CC(NC(=O)c2ccccc2)C(O)C(C)O1. The van der Waals surface area contributed by atoms with Gasteiger partial charge in [0.15, 0.2) is 17.9 Å². The molecule has 0 radical (unpaired) electrons. The zero-order valence-electron chi connectivity index (χ0n) is 25.4. The van der Waals surface area contributed by atoms with E-state index < -0.39 is 102 Å². The molecule has 3 aromatic carbocycles. The average molecular weight is 648 g/mol. The number of aliphatic hydroxyl groups is 3. The van der Waals surface area contributed by atoms with E-state index in [1.807, 2.05) is 0 Å². The predicted octanol–water partition coefficient (Wildman–Crippen LogP) is 1.47. The summed E-state index contributed by atoms with van der Waals surface area (Å²) in [6.45, 7) is 0.495. The van der Waals surface area contributed by atoms with Crippen LogP contribution in [0.5, 0.6) is 17.2 Å². The third kappa shape index (κ3) is 5.35. The van der Waals surface area contributed by atoms with Gasteiger partial charge in [-0.3, -0.25) is 19.2 Å². The Hall–Kier alpha value is -4.66. The number of nitrogens with one attached hydrogen (secondary N) is 1. The van der Waals surface area contributed by atoms with Crippen LogP contribution in [0.25, 0.3) is 0 Å². The molecular formula is C34H33NO12. The van der Waals surface area contributed by atoms with Crippen LogP contribution in [-0.2, 0) is 20.7 Å². The van der Waals surface area contributed by atoms with Crippen molar-refractivity contribution < 1.29 is 58.9 Å². The van der Waals surface area contributed by atoms with Crippen molar-refractivity contribution in [2.24, 2.45) is 0 Å². The second-order valence-corrected chi connectivity index (χ2v) is 11.9. The van der Waals surface area contributed by atoms with Crippen molar-refractivity contribution in [2.45, 2.75) is 62.4 Å². The third-order valence-corrected chi connectivity index (χ3v) is 9.11. The van der Waals surface area contributed by atoms with Crippen LogP contribution in [0.3, 0.4) is 0 Å². The van der Waals surface area contributed by atoms with Gasteiger partial charge in [0.1, 0.15) is 35.6 Å². The lowest BCUT2D eigenvalue weighted by molar-refractivity contribution is -0.249. The molecule has 0 saturated carbocycles. The van der Waals surface area contributed by atoms with Crippen LogP contribution >= 0.6 is 0 Å². The number of fused-ring (bicyclic) bond motifs is 3. The normalized spacial score (nSPS) is 26.5. The molecule has 0 bridgehead atoms. The summed E-state index contributed by atoms with van der Waals surface area (Å²) in [6.07, 6.45) is -5.91. The lowest BCUT2D eigenvalue weighted by Crippen LogP contribution is -2.55. The van der Waals surface area contributed by atoms with Crippen LogP contribution in [0.2, 0.25) is 0 Å². The standard InChI is InChI=1S/C34H33NO12/c1-15-28(38)19(35-33(43)16-7-4-3-5-8-16)11-23(46-15)47-21-13-34(44,22(37)14-36)12-18-25(21)32(42)27-26(30(18)40)29(39)17-9-6-10-20(45-2)24(17)31(27)41/h3-10,15,19,21,23,28,36,38,40,42,44H,11-14H2,1-2H3,(H,35,43)/t15?,19?,21-,23?,28?,34-/m0/s1. The van der Waals surface area contributed by atoms with Crippen molar-refractivity contribution in [1.29, 1.82) is 0 Å². The number of aromatic hydroxyl groups is 2. The molecule has 3 aliphatic rings. The van der Waals surface area contributed by atoms with Gasteiger partial charge in [0, 0.05) is 41.5 Å². The van der Waals surface area contributed by atoms with Crippen molar-refractivity contribution in [3.8, 4) is 17.2 Å². The lowest BCUT2D eigenvalue weighted by atomic mass is 9.72. The summed E-state index contributed by atoms with van der Waals surface area (Å²) in [5.74, 6) is -4.43. The number of Topliss-reactive ketones (excluding diaryl/α,β-unsaturated/α-hetero) is 1. The molecule has 0 spiro atoms. The van der Waals surface area contributed by atoms with Gasteiger partial charge in [-0.1, -0.05) is 30.3 Å². The summed E-state index contributed by atoms with van der Waals surface area (Å²) < 4.78 is 17.4. The maximum absolute atomic E-state index is 13.8. The van der Waals surface area contributed by atoms with E-state index in [2.05, 4.69) is 5.32 Å². The van der Waals surface area contributed by atoms with E-state index in [1.54, 1.807) is 37.3 Å². The Morgan fingerprint density at radius 2 is 1.70 bits per heavy atom. The van der Waals surface area contributed by atoms with Gasteiger partial charge in [-0.2, -0.15) is 0 Å². The Kier molecular flexibility index (Phi) is 8.36. The maximum atomic E-state index is 13.8. The molecule has 13 heteroatoms. The summed E-state index contributed by atoms with van der Waals surface area (Å²) >= 11 is 0. The van der Waals surface area contributed by atoms with E-state index in [4.69, 9.17) is 14.2 Å². The topological polar surface area (TPSA) is 209 Å². The zero-order valence-corrected chi connectivity index (χ0v) is 25.4. The zero-order chi connectivity index (χ0) is 33.8. The Bertz CT molecular complexity index is 1790. The van der Waals surface area contributed by atoms with Gasteiger partial charge in [0.25, 0.3) is 5.91 Å². The monoisotopic (exact) mass is 647 g/mol. The minimum absolute atomic E-state index is 0.0746. The highest BCUT2D eigenvalue weighted by Gasteiger charge is 2.50. The number of hydrogen-bond donors (Lipinski definition) is 6. The van der Waals surface area contributed by atoms with Gasteiger partial charge < -0.3 is 45.1 Å². The van der Waals surface area contributed by atoms with Gasteiger partial charge in [-0.05, 0) is 25.1 Å². The predicted molar refractivity (Wildman–Crippen MR) is 161 cm³/mol. The van der Waals surface area contributed by atoms with Crippen molar-refractivity contribution in [2.75, 3.05) is 13.7 Å². The number of carbonyl (C=O) groups excluding carboxylic acids is 4. The van der Waals surface area contributed by atoms with E-state index in [1.165, 1.54) is 25.3 Å². The molecule has 3 aromatic rings. The van der Waals surface area contributed by atoms with Crippen LogP contribution in [0, 0.1) is 0 Å². The minimum atomic E-state index is -2.31. The molecule has 1 fully saturated rings. The molecule has 1 amide bonds. The molecule has 13 nitrogen and oxygen atoms in total. The second kappa shape index (κ2) is 12.2. The van der Waals surface area contributed by atoms with E-state index in [0.717, 1.165) is 0 Å². The molecule has 6 atom stereocenters. The van der Waals surface area contributed by atoms with Gasteiger partial charge in [-0.25, -0.2) is 0 Å². The minimum Gasteiger partial charge on any atom is -0.507 e. The van der Waals surface area contributed by atoms with Gasteiger partial charge in [0.2, 0.25) is 5.78 Å². The van der Waals surface area contributed by atoms with E-state index in [-0.39, 0.29) is 34.4 Å². The number of phenols is 2. The number of carbonyl (C=O) groups is 4. The van der Waals surface area contributed by atoms with Crippen LogP contribution in [0.4, 0.5) is 0 Å². The molecule has 1 heterocycles. The summed E-state index contributed by atoms with van der Waals surface area (Å²) in [5.41, 5.74) is -3.55. The van der Waals surface area contributed by atoms with Crippen LogP contribution in [0.15, 0.2) is 48.5 Å². The van der Waals surface area contributed by atoms with Gasteiger partial charge >= 0.3 is 0 Å². The molecule has 0 aromatic heterocycles. The van der Waals surface area contributed by atoms with Gasteiger partial charge in [0.05, 0.1) is 42.0 Å². The van der Waals surface area contributed by atoms with Crippen LogP contribution in [0.1, 0.15) is 79.2 Å². The number of ether oxygens (including phenoxy) is 3. The number of ketones is 3. The van der Waals surface area contributed by atoms with Crippen LogP contribution in [-0.4, -0.2) is 92.6 Å². The molecule has 47 heavy (non-hydrogen) atoms. The Morgan fingerprint density at radius 1 is 1.00 bits per heavy atom. The molecule has 6 N–H and O–H groups in total. The van der Waals surface area contributed by atoms with Crippen molar-refractivity contribution in [3.63, 3.8) is 0 Å². The number of aliphatic hydroxyl groups excluding tert-OH is 2. The van der Waals surface area contributed by atoms with Gasteiger partial charge in [-0.15, -0.1) is 0 Å². The smallest absolute Gasteiger partial charge is 0.251 e. The average Bonchev–Trinajstić information content (AvgIpc) is 3.06. The molecule has 2 aliphatic carbocycles. The first-order valence-electron chi connectivity index (χ1n) is 15.0. The fourth-order valence-corrected chi connectivity index (χ4v) is 6.70. The number of rotatable bonds is 7. The Labute approximate surface area is 268 Å². The largest absolute Gasteiger partial charge is 0.507 e. The first kappa shape index (κ1) is 32.3. The van der Waals surface area contributed by atoms with E-state index in [0.29, 0.717) is 5.56 Å². The highest BCUT2D eigenvalue weighted by Crippen LogP contribution is 2.52. The lowest BCUT2D eigenvalue weighted by Gasteiger charge is -2.43. The maximum Gasteiger partial charge on any atom is 0.251 e. The fourth-order valence-electron chi connectivity index (χ4n) is 6.70. The van der Waals surface area contributed by atoms with Crippen molar-refractivity contribution >= 4 is 23.3 Å². The highest BCUT2D eigenvalue weighted by atomic mass is 16.7. The van der Waals surface area contributed by atoms with E-state index >= 15 is 0 Å². The summed E-state index contributed by atoms with van der Waals surface area (Å²) in [5, 5.41) is 57.9. The quantitative estimate of drug-likeness (QED) is 0.158. The molecule has 1 saturated heterocycles. The second-order valence-electron chi connectivity index (χ2n) is 11.9. The molecular weight excluding hydrogens is 614 g/mol. The number of hydrogen-bond acceptors (Lipinski definition) is 12. The van der Waals surface area contributed by atoms with Crippen LogP contribution < -0.4 is 10.1 Å². The van der Waals surface area contributed by atoms with E-state index in [9.17, 15) is 44.7 Å². The first-order valence-corrected chi connectivity index (χ1v) is 15.0.